The number of nitrogens with zero attached hydrogens (tertiary/aromatic N) is 1. The monoisotopic (exact) mass is 261 g/mol. The van der Waals surface area contributed by atoms with Crippen LogP contribution in [0.1, 0.15) is 50.5 Å². The topological polar surface area (TPSA) is 33.1 Å². The number of pyridine rings is 1. The first-order valence-corrected chi connectivity index (χ1v) is 6.09. The standard InChI is InChI=1S/C13H18F3NO/c1-3-9(4-2)7-12(18)11-6-5-10(8-17-11)13(14,15)16/h5-6,8-9,12,18H,3-4,7H2,1-2H3. The van der Waals surface area contributed by atoms with Crippen molar-refractivity contribution >= 4 is 0 Å². The quantitative estimate of drug-likeness (QED) is 0.870. The van der Waals surface area contributed by atoms with E-state index in [9.17, 15) is 18.3 Å². The molecule has 1 aromatic heterocycles. The predicted molar refractivity (Wildman–Crippen MR) is 62.9 cm³/mol. The van der Waals surface area contributed by atoms with Crippen LogP contribution in [0.3, 0.4) is 0 Å². The largest absolute Gasteiger partial charge is 0.417 e. The number of rotatable bonds is 5. The van der Waals surface area contributed by atoms with E-state index >= 15 is 0 Å². The summed E-state index contributed by atoms with van der Waals surface area (Å²) in [5.41, 5.74) is -0.490. The zero-order chi connectivity index (χ0) is 13.8. The maximum Gasteiger partial charge on any atom is 0.417 e. The number of halogens is 3. The second kappa shape index (κ2) is 6.18. The molecule has 102 valence electrons. The number of alkyl halides is 3. The number of aromatic nitrogens is 1. The van der Waals surface area contributed by atoms with E-state index in [1.807, 2.05) is 13.8 Å². The average molecular weight is 261 g/mol. The number of hydrogen-bond acceptors (Lipinski definition) is 2. The molecular weight excluding hydrogens is 243 g/mol. The summed E-state index contributed by atoms with van der Waals surface area (Å²) in [5, 5.41) is 9.90. The third-order valence-corrected chi connectivity index (χ3v) is 3.17. The molecular formula is C13H18F3NO. The summed E-state index contributed by atoms with van der Waals surface area (Å²) < 4.78 is 37.0. The fraction of sp³-hybridized carbons (Fsp3) is 0.615. The van der Waals surface area contributed by atoms with Crippen molar-refractivity contribution in [3.63, 3.8) is 0 Å². The van der Waals surface area contributed by atoms with E-state index in [0.29, 0.717) is 18.0 Å². The van der Waals surface area contributed by atoms with Crippen LogP contribution < -0.4 is 0 Å². The van der Waals surface area contributed by atoms with Crippen molar-refractivity contribution in [1.82, 2.24) is 4.98 Å². The highest BCUT2D eigenvalue weighted by atomic mass is 19.4. The highest BCUT2D eigenvalue weighted by Crippen LogP contribution is 2.30. The Morgan fingerprint density at radius 2 is 1.83 bits per heavy atom. The fourth-order valence-corrected chi connectivity index (χ4v) is 1.83. The van der Waals surface area contributed by atoms with Gasteiger partial charge in [0.25, 0.3) is 0 Å². The summed E-state index contributed by atoms with van der Waals surface area (Å²) in [6.07, 6.45) is -2.00. The van der Waals surface area contributed by atoms with E-state index in [1.165, 1.54) is 6.07 Å². The molecule has 18 heavy (non-hydrogen) atoms. The Kier molecular flexibility index (Phi) is 5.14. The predicted octanol–water partition coefficient (Wildman–Crippen LogP) is 3.96. The number of aliphatic hydroxyl groups is 1. The van der Waals surface area contributed by atoms with Crippen molar-refractivity contribution in [1.29, 1.82) is 0 Å². The maximum atomic E-state index is 12.3. The lowest BCUT2D eigenvalue weighted by Gasteiger charge is -2.17. The summed E-state index contributed by atoms with van der Waals surface area (Å²) >= 11 is 0. The van der Waals surface area contributed by atoms with Crippen LogP contribution in [0.4, 0.5) is 13.2 Å². The van der Waals surface area contributed by atoms with Crippen LogP contribution in [-0.2, 0) is 6.18 Å². The van der Waals surface area contributed by atoms with Crippen LogP contribution in [0, 0.1) is 5.92 Å². The van der Waals surface area contributed by atoms with Crippen molar-refractivity contribution < 1.29 is 18.3 Å². The maximum absolute atomic E-state index is 12.3. The fourth-order valence-electron chi connectivity index (χ4n) is 1.83. The van der Waals surface area contributed by atoms with Gasteiger partial charge < -0.3 is 5.11 Å². The smallest absolute Gasteiger partial charge is 0.387 e. The lowest BCUT2D eigenvalue weighted by atomic mass is 9.94. The molecule has 5 heteroatoms. The zero-order valence-corrected chi connectivity index (χ0v) is 10.5. The zero-order valence-electron chi connectivity index (χ0n) is 10.5. The van der Waals surface area contributed by atoms with Crippen LogP contribution in [0.15, 0.2) is 18.3 Å². The van der Waals surface area contributed by atoms with Crippen molar-refractivity contribution in [2.45, 2.75) is 45.4 Å². The first kappa shape index (κ1) is 15.0. The summed E-state index contributed by atoms with van der Waals surface area (Å²) in [5.74, 6) is 0.365. The van der Waals surface area contributed by atoms with Gasteiger partial charge in [0.2, 0.25) is 0 Å². The Morgan fingerprint density at radius 1 is 1.22 bits per heavy atom. The van der Waals surface area contributed by atoms with E-state index < -0.39 is 17.8 Å². The van der Waals surface area contributed by atoms with Gasteiger partial charge in [-0.05, 0) is 24.5 Å². The van der Waals surface area contributed by atoms with Crippen molar-refractivity contribution in [3.05, 3.63) is 29.6 Å². The van der Waals surface area contributed by atoms with Gasteiger partial charge in [-0.15, -0.1) is 0 Å². The minimum atomic E-state index is -4.38. The van der Waals surface area contributed by atoms with Crippen molar-refractivity contribution in [3.8, 4) is 0 Å². The van der Waals surface area contributed by atoms with Gasteiger partial charge in [-0.25, -0.2) is 0 Å². The SMILES string of the molecule is CCC(CC)CC(O)c1ccc(C(F)(F)F)cn1. The van der Waals surface area contributed by atoms with E-state index in [-0.39, 0.29) is 0 Å². The molecule has 0 saturated heterocycles. The Balaban J connectivity index is 2.73. The molecule has 0 aliphatic rings. The van der Waals surface area contributed by atoms with E-state index in [1.54, 1.807) is 0 Å². The molecule has 1 aromatic rings. The van der Waals surface area contributed by atoms with Gasteiger partial charge in [0.15, 0.2) is 0 Å². The summed E-state index contributed by atoms with van der Waals surface area (Å²) in [6.45, 7) is 4.06. The van der Waals surface area contributed by atoms with Crippen LogP contribution in [0.2, 0.25) is 0 Å². The molecule has 0 spiro atoms. The highest BCUT2D eigenvalue weighted by molar-refractivity contribution is 5.18. The first-order valence-electron chi connectivity index (χ1n) is 6.09. The molecule has 0 bridgehead atoms. The second-order valence-electron chi connectivity index (χ2n) is 4.40. The van der Waals surface area contributed by atoms with Gasteiger partial charge in [-0.1, -0.05) is 26.7 Å². The molecule has 1 atom stereocenters. The van der Waals surface area contributed by atoms with Crippen LogP contribution in [-0.4, -0.2) is 10.1 Å². The molecule has 1 rings (SSSR count). The molecule has 0 radical (unpaired) electrons. The minimum absolute atomic E-state index is 0.301. The molecule has 0 amide bonds. The van der Waals surface area contributed by atoms with Crippen LogP contribution >= 0.6 is 0 Å². The van der Waals surface area contributed by atoms with Gasteiger partial charge >= 0.3 is 6.18 Å². The van der Waals surface area contributed by atoms with Gasteiger partial charge in [0.1, 0.15) is 0 Å². The Hall–Kier alpha value is -1.10. The Bertz CT molecular complexity index is 357. The lowest BCUT2D eigenvalue weighted by molar-refractivity contribution is -0.137. The van der Waals surface area contributed by atoms with Crippen LogP contribution in [0.5, 0.6) is 0 Å². The van der Waals surface area contributed by atoms with Crippen molar-refractivity contribution in [2.75, 3.05) is 0 Å². The van der Waals surface area contributed by atoms with Crippen molar-refractivity contribution in [2.24, 2.45) is 5.92 Å². The molecule has 0 aliphatic carbocycles. The Morgan fingerprint density at radius 3 is 2.22 bits per heavy atom. The normalized spacial score (nSPS) is 13.9. The molecule has 0 aromatic carbocycles. The number of aliphatic hydroxyl groups excluding tert-OH is 1. The summed E-state index contributed by atoms with van der Waals surface area (Å²) in [4.78, 5) is 3.70. The molecule has 2 nitrogen and oxygen atoms in total. The third-order valence-electron chi connectivity index (χ3n) is 3.17. The van der Waals surface area contributed by atoms with Gasteiger partial charge in [-0.3, -0.25) is 4.98 Å². The van der Waals surface area contributed by atoms with E-state index in [2.05, 4.69) is 4.98 Å². The molecule has 1 N–H and O–H groups in total. The van der Waals surface area contributed by atoms with Gasteiger partial charge in [-0.2, -0.15) is 13.2 Å². The molecule has 1 unspecified atom stereocenters. The van der Waals surface area contributed by atoms with E-state index in [4.69, 9.17) is 0 Å². The third kappa shape index (κ3) is 3.98. The van der Waals surface area contributed by atoms with Crippen LogP contribution in [0.25, 0.3) is 0 Å². The molecule has 0 fully saturated rings. The highest BCUT2D eigenvalue weighted by Gasteiger charge is 2.30. The first-order chi connectivity index (χ1) is 8.38. The van der Waals surface area contributed by atoms with Gasteiger partial charge in [0, 0.05) is 6.20 Å². The molecule has 1 heterocycles. The molecule has 0 saturated carbocycles. The molecule has 0 aliphatic heterocycles. The summed E-state index contributed by atoms with van der Waals surface area (Å²) in [6, 6.07) is 2.20. The summed E-state index contributed by atoms with van der Waals surface area (Å²) in [7, 11) is 0. The van der Waals surface area contributed by atoms with Gasteiger partial charge in [0.05, 0.1) is 17.4 Å². The Labute approximate surface area is 105 Å². The second-order valence-corrected chi connectivity index (χ2v) is 4.40. The number of hydrogen-bond donors (Lipinski definition) is 1. The lowest BCUT2D eigenvalue weighted by Crippen LogP contribution is -2.10. The average Bonchev–Trinajstić information content (AvgIpc) is 2.34. The minimum Gasteiger partial charge on any atom is -0.387 e. The van der Waals surface area contributed by atoms with E-state index in [0.717, 1.165) is 25.1 Å².